The first-order chi connectivity index (χ1) is 11.8. The van der Waals surface area contributed by atoms with Crippen LogP contribution in [-0.4, -0.2) is 10.8 Å². The summed E-state index contributed by atoms with van der Waals surface area (Å²) >= 11 is 11.7. The van der Waals surface area contributed by atoms with Gasteiger partial charge in [0.1, 0.15) is 11.1 Å². The predicted molar refractivity (Wildman–Crippen MR) is 93.6 cm³/mol. The monoisotopic (exact) mass is 378 g/mol. The molecule has 0 bridgehead atoms. The fourth-order valence-electron chi connectivity index (χ4n) is 2.21. The van der Waals surface area contributed by atoms with E-state index in [2.05, 4.69) is 5.32 Å². The zero-order chi connectivity index (χ0) is 18.1. The lowest BCUT2D eigenvalue weighted by Crippen LogP contribution is -2.20. The zero-order valence-electron chi connectivity index (χ0n) is 12.3. The molecule has 3 aromatic rings. The minimum Gasteiger partial charge on any atom is -0.422 e. The Hall–Kier alpha value is -2.90. The highest BCUT2D eigenvalue weighted by Crippen LogP contribution is 2.24. The number of halogens is 2. The van der Waals surface area contributed by atoms with Crippen molar-refractivity contribution in [3.63, 3.8) is 0 Å². The van der Waals surface area contributed by atoms with Crippen molar-refractivity contribution in [3.8, 4) is 0 Å². The molecule has 3 rings (SSSR count). The summed E-state index contributed by atoms with van der Waals surface area (Å²) in [6, 6.07) is 9.35. The summed E-state index contributed by atoms with van der Waals surface area (Å²) in [6.45, 7) is 0. The molecule has 0 saturated heterocycles. The van der Waals surface area contributed by atoms with Crippen LogP contribution in [0.1, 0.15) is 10.4 Å². The molecule has 1 aromatic heterocycles. The number of hydrogen-bond acceptors (Lipinski definition) is 5. The van der Waals surface area contributed by atoms with E-state index in [1.54, 1.807) is 0 Å². The van der Waals surface area contributed by atoms with Crippen LogP contribution in [0.5, 0.6) is 0 Å². The Labute approximate surface area is 149 Å². The molecule has 9 heteroatoms. The Morgan fingerprint density at radius 3 is 2.40 bits per heavy atom. The van der Waals surface area contributed by atoms with Gasteiger partial charge in [0, 0.05) is 33.3 Å². The van der Waals surface area contributed by atoms with Crippen molar-refractivity contribution in [3.05, 3.63) is 78.6 Å². The van der Waals surface area contributed by atoms with E-state index in [1.807, 2.05) is 0 Å². The zero-order valence-corrected chi connectivity index (χ0v) is 13.8. The molecule has 126 valence electrons. The number of nitro groups is 1. The molecular weight excluding hydrogens is 371 g/mol. The molecule has 1 heterocycles. The minimum atomic E-state index is -0.869. The Bertz CT molecular complexity index is 1060. The van der Waals surface area contributed by atoms with Gasteiger partial charge in [-0.2, -0.15) is 0 Å². The minimum absolute atomic E-state index is 0.137. The van der Waals surface area contributed by atoms with Crippen LogP contribution in [-0.2, 0) is 0 Å². The number of benzene rings is 2. The molecule has 0 saturated carbocycles. The van der Waals surface area contributed by atoms with Crippen molar-refractivity contribution in [2.24, 2.45) is 0 Å². The molecule has 2 aromatic carbocycles. The lowest BCUT2D eigenvalue weighted by Gasteiger charge is -2.06. The molecule has 0 spiro atoms. The normalized spacial score (nSPS) is 10.6. The van der Waals surface area contributed by atoms with Crippen molar-refractivity contribution in [2.45, 2.75) is 0 Å². The molecule has 0 aliphatic carbocycles. The SMILES string of the molecule is O=C(Nc1cc(Cl)cc(Cl)c1)c1cc2cc([N+](=O)[O-])ccc2oc1=O. The highest BCUT2D eigenvalue weighted by atomic mass is 35.5. The van der Waals surface area contributed by atoms with E-state index < -0.39 is 16.5 Å². The number of nitro benzene ring substituents is 1. The second-order valence-electron chi connectivity index (χ2n) is 5.04. The van der Waals surface area contributed by atoms with Gasteiger partial charge in [-0.05, 0) is 30.3 Å². The predicted octanol–water partition coefficient (Wildman–Crippen LogP) is 4.26. The molecule has 7 nitrogen and oxygen atoms in total. The van der Waals surface area contributed by atoms with Crippen LogP contribution in [0.2, 0.25) is 10.0 Å². The van der Waals surface area contributed by atoms with E-state index >= 15 is 0 Å². The number of anilines is 1. The van der Waals surface area contributed by atoms with E-state index in [0.29, 0.717) is 15.7 Å². The molecule has 0 unspecified atom stereocenters. The van der Waals surface area contributed by atoms with Crippen LogP contribution < -0.4 is 10.9 Å². The number of nitrogens with one attached hydrogen (secondary N) is 1. The van der Waals surface area contributed by atoms with Gasteiger partial charge in [0.25, 0.3) is 11.6 Å². The summed E-state index contributed by atoms with van der Waals surface area (Å²) in [5.41, 5.74) is -0.926. The fraction of sp³-hybridized carbons (Fsp3) is 0. The highest BCUT2D eigenvalue weighted by Gasteiger charge is 2.16. The third kappa shape index (κ3) is 3.62. The van der Waals surface area contributed by atoms with E-state index in [4.69, 9.17) is 27.6 Å². The first-order valence-electron chi connectivity index (χ1n) is 6.83. The average molecular weight is 379 g/mol. The molecule has 1 N–H and O–H groups in total. The Morgan fingerprint density at radius 2 is 1.76 bits per heavy atom. The first kappa shape index (κ1) is 16.9. The maximum atomic E-state index is 12.3. The number of carbonyl (C=O) groups is 1. The fourth-order valence-corrected chi connectivity index (χ4v) is 2.73. The van der Waals surface area contributed by atoms with Crippen LogP contribution in [0.3, 0.4) is 0 Å². The second kappa shape index (κ2) is 6.54. The van der Waals surface area contributed by atoms with Gasteiger partial charge < -0.3 is 9.73 Å². The van der Waals surface area contributed by atoms with E-state index in [1.165, 1.54) is 42.5 Å². The van der Waals surface area contributed by atoms with Gasteiger partial charge in [-0.25, -0.2) is 4.79 Å². The van der Waals surface area contributed by atoms with Crippen LogP contribution in [0.4, 0.5) is 11.4 Å². The lowest BCUT2D eigenvalue weighted by atomic mass is 10.1. The summed E-state index contributed by atoms with van der Waals surface area (Å²) in [5.74, 6) is -0.750. The molecule has 0 atom stereocenters. The van der Waals surface area contributed by atoms with Crippen molar-refractivity contribution >= 4 is 51.5 Å². The lowest BCUT2D eigenvalue weighted by molar-refractivity contribution is -0.384. The van der Waals surface area contributed by atoms with Gasteiger partial charge in [0.2, 0.25) is 0 Å². The van der Waals surface area contributed by atoms with Crippen LogP contribution in [0.25, 0.3) is 11.0 Å². The third-order valence-corrected chi connectivity index (χ3v) is 3.73. The van der Waals surface area contributed by atoms with Crippen LogP contribution in [0.15, 0.2) is 51.7 Å². The summed E-state index contributed by atoms with van der Waals surface area (Å²) < 4.78 is 5.04. The first-order valence-corrected chi connectivity index (χ1v) is 7.59. The maximum Gasteiger partial charge on any atom is 0.349 e. The summed E-state index contributed by atoms with van der Waals surface area (Å²) in [5, 5.41) is 14.2. The summed E-state index contributed by atoms with van der Waals surface area (Å²) in [6.07, 6.45) is 0. The van der Waals surface area contributed by atoms with Crippen molar-refractivity contribution < 1.29 is 14.1 Å². The second-order valence-corrected chi connectivity index (χ2v) is 5.91. The van der Waals surface area contributed by atoms with Gasteiger partial charge in [-0.3, -0.25) is 14.9 Å². The highest BCUT2D eigenvalue weighted by molar-refractivity contribution is 6.35. The topological polar surface area (TPSA) is 102 Å². The van der Waals surface area contributed by atoms with Gasteiger partial charge in [0.05, 0.1) is 4.92 Å². The van der Waals surface area contributed by atoms with E-state index in [-0.39, 0.29) is 22.2 Å². The maximum absolute atomic E-state index is 12.3. The molecule has 0 fully saturated rings. The van der Waals surface area contributed by atoms with Crippen LogP contribution >= 0.6 is 23.2 Å². The summed E-state index contributed by atoms with van der Waals surface area (Å²) in [7, 11) is 0. The largest absolute Gasteiger partial charge is 0.422 e. The molecule has 0 aliphatic rings. The molecule has 0 radical (unpaired) electrons. The Kier molecular flexibility index (Phi) is 4.43. The third-order valence-electron chi connectivity index (χ3n) is 3.29. The number of hydrogen-bond donors (Lipinski definition) is 1. The number of carbonyl (C=O) groups excluding carboxylic acids is 1. The smallest absolute Gasteiger partial charge is 0.349 e. The van der Waals surface area contributed by atoms with Gasteiger partial charge in [-0.1, -0.05) is 23.2 Å². The number of nitrogens with zero attached hydrogens (tertiary/aromatic N) is 1. The van der Waals surface area contributed by atoms with Gasteiger partial charge >= 0.3 is 5.63 Å². The molecule has 25 heavy (non-hydrogen) atoms. The molecule has 1 amide bonds. The van der Waals surface area contributed by atoms with E-state index in [0.717, 1.165) is 0 Å². The molecular formula is C16H8Cl2N2O5. The van der Waals surface area contributed by atoms with Gasteiger partial charge in [0.15, 0.2) is 0 Å². The van der Waals surface area contributed by atoms with Gasteiger partial charge in [-0.15, -0.1) is 0 Å². The number of amides is 1. The molecule has 0 aliphatic heterocycles. The van der Waals surface area contributed by atoms with Crippen molar-refractivity contribution in [2.75, 3.05) is 5.32 Å². The number of fused-ring (bicyclic) bond motifs is 1. The van der Waals surface area contributed by atoms with E-state index in [9.17, 15) is 19.7 Å². The quantitative estimate of drug-likeness (QED) is 0.416. The summed E-state index contributed by atoms with van der Waals surface area (Å²) in [4.78, 5) is 34.6. The van der Waals surface area contributed by atoms with Crippen LogP contribution in [0, 0.1) is 10.1 Å². The number of non-ortho nitro benzene ring substituents is 1. The average Bonchev–Trinajstić information content (AvgIpc) is 2.52. The standard InChI is InChI=1S/C16H8Cl2N2O5/c17-9-5-10(18)7-11(6-9)19-15(21)13-4-8-3-12(20(23)24)1-2-14(8)25-16(13)22/h1-7H,(H,19,21). The Balaban J connectivity index is 2.01. The van der Waals surface area contributed by atoms with Crippen molar-refractivity contribution in [1.82, 2.24) is 0 Å². The Morgan fingerprint density at radius 1 is 1.08 bits per heavy atom. The van der Waals surface area contributed by atoms with Crippen molar-refractivity contribution in [1.29, 1.82) is 0 Å². The number of rotatable bonds is 3.